The quantitative estimate of drug-likeness (QED) is 0.650. The third-order valence-corrected chi connectivity index (χ3v) is 4.28. The molecule has 0 aromatic heterocycles. The zero-order valence-electron chi connectivity index (χ0n) is 10.8. The van der Waals surface area contributed by atoms with Crippen molar-refractivity contribution in [1.82, 2.24) is 4.31 Å². The van der Waals surface area contributed by atoms with Gasteiger partial charge in [0.1, 0.15) is 6.61 Å². The molecule has 0 radical (unpaired) electrons. The number of rotatable bonds is 5. The Labute approximate surface area is 114 Å². The van der Waals surface area contributed by atoms with Gasteiger partial charge >= 0.3 is 0 Å². The molecule has 4 nitrogen and oxygen atoms in total. The molecule has 0 heterocycles. The Bertz CT molecular complexity index is 579. The molecule has 0 bridgehead atoms. The lowest BCUT2D eigenvalue weighted by Crippen LogP contribution is -2.31. The Morgan fingerprint density at radius 2 is 1.95 bits per heavy atom. The third-order valence-electron chi connectivity index (χ3n) is 2.45. The fraction of sp³-hybridized carbons (Fsp3) is 0.286. The van der Waals surface area contributed by atoms with E-state index in [1.54, 1.807) is 24.3 Å². The van der Waals surface area contributed by atoms with Crippen molar-refractivity contribution in [3.05, 3.63) is 42.5 Å². The molecular formula is C14H17NO3S. The Morgan fingerprint density at radius 1 is 1.32 bits per heavy atom. The number of aliphatic hydroxyl groups excluding tert-OH is 1. The van der Waals surface area contributed by atoms with Crippen LogP contribution in [0.15, 0.2) is 41.8 Å². The zero-order valence-corrected chi connectivity index (χ0v) is 11.7. The van der Waals surface area contributed by atoms with Gasteiger partial charge in [-0.3, -0.25) is 0 Å². The molecular weight excluding hydrogens is 262 g/mol. The second-order valence-electron chi connectivity index (χ2n) is 3.91. The van der Waals surface area contributed by atoms with Gasteiger partial charge in [-0.1, -0.05) is 35.6 Å². The summed E-state index contributed by atoms with van der Waals surface area (Å²) in [5, 5.41) is 8.60. The summed E-state index contributed by atoms with van der Waals surface area (Å²) < 4.78 is 26.0. The normalized spacial score (nSPS) is 10.9. The van der Waals surface area contributed by atoms with Crippen LogP contribution >= 0.6 is 0 Å². The monoisotopic (exact) mass is 279 g/mol. The largest absolute Gasteiger partial charge is 0.384 e. The van der Waals surface area contributed by atoms with Crippen LogP contribution in [0.2, 0.25) is 0 Å². The highest BCUT2D eigenvalue weighted by atomic mass is 32.2. The van der Waals surface area contributed by atoms with Crippen molar-refractivity contribution in [2.45, 2.75) is 11.8 Å². The van der Waals surface area contributed by atoms with Crippen LogP contribution in [0, 0.1) is 18.8 Å². The third kappa shape index (κ3) is 4.21. The van der Waals surface area contributed by atoms with Gasteiger partial charge in [0, 0.05) is 6.54 Å². The molecule has 1 aromatic rings. The minimum Gasteiger partial charge on any atom is -0.384 e. The first-order valence-corrected chi connectivity index (χ1v) is 7.20. The second kappa shape index (κ2) is 7.10. The maximum Gasteiger partial charge on any atom is 0.244 e. The van der Waals surface area contributed by atoms with Gasteiger partial charge < -0.3 is 5.11 Å². The van der Waals surface area contributed by atoms with E-state index >= 15 is 0 Å². The number of aliphatic hydroxyl groups is 1. The van der Waals surface area contributed by atoms with Crippen LogP contribution in [-0.2, 0) is 10.0 Å². The smallest absolute Gasteiger partial charge is 0.244 e. The van der Waals surface area contributed by atoms with Crippen molar-refractivity contribution in [2.24, 2.45) is 0 Å². The Kier molecular flexibility index (Phi) is 5.77. The molecule has 5 heteroatoms. The number of aryl methyl sites for hydroxylation is 1. The lowest BCUT2D eigenvalue weighted by molar-refractivity contribution is 0.350. The standard InChI is InChI=1S/C14H17NO3S/c1-3-10-15(11-4-5-12-16)19(17,18)14-8-6-13(2)7-9-14/h3,6-9,16H,1,10-12H2,2H3. The van der Waals surface area contributed by atoms with Crippen LogP contribution in [0.25, 0.3) is 0 Å². The molecule has 0 aliphatic rings. The minimum atomic E-state index is -3.58. The zero-order chi connectivity index (χ0) is 14.3. The van der Waals surface area contributed by atoms with E-state index in [1.807, 2.05) is 6.92 Å². The van der Waals surface area contributed by atoms with Crippen molar-refractivity contribution in [3.63, 3.8) is 0 Å². The molecule has 1 rings (SSSR count). The molecule has 19 heavy (non-hydrogen) atoms. The molecule has 0 saturated carbocycles. The molecule has 0 aliphatic heterocycles. The highest BCUT2D eigenvalue weighted by Crippen LogP contribution is 2.15. The molecule has 0 fully saturated rings. The summed E-state index contributed by atoms with van der Waals surface area (Å²) in [6.45, 7) is 5.36. The van der Waals surface area contributed by atoms with E-state index in [2.05, 4.69) is 18.4 Å². The first-order chi connectivity index (χ1) is 9.02. The fourth-order valence-corrected chi connectivity index (χ4v) is 2.77. The fourth-order valence-electron chi connectivity index (χ4n) is 1.45. The SMILES string of the molecule is C=CCN(CC#CCO)S(=O)(=O)c1ccc(C)cc1. The number of sulfonamides is 1. The summed E-state index contributed by atoms with van der Waals surface area (Å²) in [6.07, 6.45) is 1.51. The molecule has 0 unspecified atom stereocenters. The van der Waals surface area contributed by atoms with Crippen LogP contribution in [0.1, 0.15) is 5.56 Å². The van der Waals surface area contributed by atoms with Gasteiger partial charge in [0.25, 0.3) is 0 Å². The number of benzene rings is 1. The Hall–Kier alpha value is -1.61. The molecule has 1 aromatic carbocycles. The van der Waals surface area contributed by atoms with Crippen LogP contribution < -0.4 is 0 Å². The van der Waals surface area contributed by atoms with Gasteiger partial charge in [0.15, 0.2) is 0 Å². The van der Waals surface area contributed by atoms with Crippen molar-refractivity contribution in [3.8, 4) is 11.8 Å². The topological polar surface area (TPSA) is 57.6 Å². The number of nitrogens with zero attached hydrogens (tertiary/aromatic N) is 1. The van der Waals surface area contributed by atoms with Crippen LogP contribution in [0.4, 0.5) is 0 Å². The molecule has 0 aliphatic carbocycles. The van der Waals surface area contributed by atoms with E-state index in [9.17, 15) is 8.42 Å². The number of hydrogen-bond donors (Lipinski definition) is 1. The Morgan fingerprint density at radius 3 is 2.47 bits per heavy atom. The lowest BCUT2D eigenvalue weighted by atomic mass is 10.2. The molecule has 1 N–H and O–H groups in total. The van der Waals surface area contributed by atoms with Crippen LogP contribution in [-0.4, -0.2) is 37.5 Å². The molecule has 0 spiro atoms. The van der Waals surface area contributed by atoms with Crippen molar-refractivity contribution < 1.29 is 13.5 Å². The van der Waals surface area contributed by atoms with Gasteiger partial charge in [-0.2, -0.15) is 4.31 Å². The van der Waals surface area contributed by atoms with Gasteiger partial charge in [0.05, 0.1) is 11.4 Å². The van der Waals surface area contributed by atoms with E-state index in [4.69, 9.17) is 5.11 Å². The van der Waals surface area contributed by atoms with E-state index in [-0.39, 0.29) is 24.6 Å². The van der Waals surface area contributed by atoms with E-state index < -0.39 is 10.0 Å². The highest BCUT2D eigenvalue weighted by molar-refractivity contribution is 7.89. The first-order valence-electron chi connectivity index (χ1n) is 5.76. The highest BCUT2D eigenvalue weighted by Gasteiger charge is 2.22. The maximum atomic E-state index is 12.4. The summed E-state index contributed by atoms with van der Waals surface area (Å²) in [5.41, 5.74) is 0.995. The van der Waals surface area contributed by atoms with Gasteiger partial charge in [-0.25, -0.2) is 8.42 Å². The summed E-state index contributed by atoms with van der Waals surface area (Å²) >= 11 is 0. The molecule has 0 saturated heterocycles. The van der Waals surface area contributed by atoms with Crippen molar-refractivity contribution in [1.29, 1.82) is 0 Å². The van der Waals surface area contributed by atoms with Crippen molar-refractivity contribution in [2.75, 3.05) is 19.7 Å². The van der Waals surface area contributed by atoms with E-state index in [0.29, 0.717) is 0 Å². The van der Waals surface area contributed by atoms with E-state index in [0.717, 1.165) is 5.56 Å². The predicted molar refractivity (Wildman–Crippen MR) is 75.0 cm³/mol. The summed E-state index contributed by atoms with van der Waals surface area (Å²) in [6, 6.07) is 6.64. The Balaban J connectivity index is 3.04. The molecule has 0 amide bonds. The average molecular weight is 279 g/mol. The second-order valence-corrected chi connectivity index (χ2v) is 5.85. The minimum absolute atomic E-state index is 0.0305. The van der Waals surface area contributed by atoms with Gasteiger partial charge in [-0.15, -0.1) is 6.58 Å². The summed E-state index contributed by atoms with van der Waals surface area (Å²) in [7, 11) is -3.58. The summed E-state index contributed by atoms with van der Waals surface area (Å²) in [5.74, 6) is 5.04. The lowest BCUT2D eigenvalue weighted by Gasteiger charge is -2.18. The average Bonchev–Trinajstić information content (AvgIpc) is 2.38. The van der Waals surface area contributed by atoms with Crippen LogP contribution in [0.5, 0.6) is 0 Å². The van der Waals surface area contributed by atoms with Crippen LogP contribution in [0.3, 0.4) is 0 Å². The molecule has 102 valence electrons. The van der Waals surface area contributed by atoms with Gasteiger partial charge in [0.2, 0.25) is 10.0 Å². The van der Waals surface area contributed by atoms with Crippen molar-refractivity contribution >= 4 is 10.0 Å². The maximum absolute atomic E-state index is 12.4. The van der Waals surface area contributed by atoms with E-state index in [1.165, 1.54) is 10.4 Å². The van der Waals surface area contributed by atoms with Gasteiger partial charge in [-0.05, 0) is 19.1 Å². The molecule has 0 atom stereocenters. The predicted octanol–water partition coefficient (Wildman–Crippen LogP) is 1.17. The summed E-state index contributed by atoms with van der Waals surface area (Å²) in [4.78, 5) is 0.228. The first kappa shape index (κ1) is 15.4. The number of hydrogen-bond acceptors (Lipinski definition) is 3.